The second-order valence-corrected chi connectivity index (χ2v) is 12.1. The molecule has 40 heavy (non-hydrogen) atoms. The number of rotatable bonds is 19. The molecule has 0 radical (unpaired) electrons. The fourth-order valence-electron chi connectivity index (χ4n) is 4.10. The zero-order valence-electron chi connectivity index (χ0n) is 27.9. The van der Waals surface area contributed by atoms with Crippen molar-refractivity contribution >= 4 is 0 Å². The lowest BCUT2D eigenvalue weighted by Gasteiger charge is -2.03. The molecule has 0 aromatic rings. The van der Waals surface area contributed by atoms with Crippen molar-refractivity contribution in [1.29, 1.82) is 0 Å². The molecule has 0 saturated carbocycles. The van der Waals surface area contributed by atoms with Crippen LogP contribution in [0.5, 0.6) is 0 Å². The molecule has 0 bridgehead atoms. The topological polar surface area (TPSA) is 0 Å². The van der Waals surface area contributed by atoms with Crippen LogP contribution in [0.25, 0.3) is 0 Å². The van der Waals surface area contributed by atoms with E-state index < -0.39 is 0 Å². The molecule has 1 unspecified atom stereocenters. The van der Waals surface area contributed by atoms with Gasteiger partial charge >= 0.3 is 0 Å². The van der Waals surface area contributed by atoms with Gasteiger partial charge in [0.25, 0.3) is 0 Å². The normalized spacial score (nSPS) is 15.0. The summed E-state index contributed by atoms with van der Waals surface area (Å²) in [5, 5.41) is 0. The lowest BCUT2D eigenvalue weighted by Crippen LogP contribution is -1.88. The quantitative estimate of drug-likeness (QED) is 0.112. The molecule has 0 heterocycles. The van der Waals surface area contributed by atoms with Gasteiger partial charge in [-0.15, -0.1) is 0 Å². The number of allylic oxidation sites excluding steroid dienone is 20. The summed E-state index contributed by atoms with van der Waals surface area (Å²) >= 11 is 0. The van der Waals surface area contributed by atoms with E-state index in [1.807, 2.05) is 0 Å². The summed E-state index contributed by atoms with van der Waals surface area (Å²) in [6.45, 7) is 22.1. The first-order valence-electron chi connectivity index (χ1n) is 15.6. The van der Waals surface area contributed by atoms with Gasteiger partial charge in [-0.1, -0.05) is 125 Å². The van der Waals surface area contributed by atoms with Crippen LogP contribution < -0.4 is 0 Å². The summed E-state index contributed by atoms with van der Waals surface area (Å²) < 4.78 is 0. The van der Waals surface area contributed by atoms with Crippen LogP contribution in [-0.2, 0) is 0 Å². The predicted molar refractivity (Wildman–Crippen MR) is 186 cm³/mol. The van der Waals surface area contributed by atoms with Gasteiger partial charge in [-0.3, -0.25) is 0 Å². The molecule has 1 atom stereocenters. The van der Waals surface area contributed by atoms with Crippen molar-refractivity contribution in [3.8, 4) is 0 Å². The molecule has 0 aliphatic rings. The highest BCUT2D eigenvalue weighted by molar-refractivity contribution is 5.27. The first-order chi connectivity index (χ1) is 19.0. The van der Waals surface area contributed by atoms with Crippen molar-refractivity contribution in [3.63, 3.8) is 0 Å². The van der Waals surface area contributed by atoms with E-state index in [1.165, 1.54) is 64.7 Å². The van der Waals surface area contributed by atoms with Crippen molar-refractivity contribution in [1.82, 2.24) is 0 Å². The van der Waals surface area contributed by atoms with Crippen molar-refractivity contribution < 1.29 is 0 Å². The Balaban J connectivity index is 4.40. The molecule has 0 aliphatic carbocycles. The fraction of sp³-hybridized carbons (Fsp3) is 0.500. The summed E-state index contributed by atoms with van der Waals surface area (Å²) in [6.07, 6.45) is 39.8. The first kappa shape index (κ1) is 37.4. The highest BCUT2D eigenvalue weighted by Gasteiger charge is 1.95. The minimum atomic E-state index is 0.638. The third kappa shape index (κ3) is 25.7. The highest BCUT2D eigenvalue weighted by atomic mass is 14.0. The molecule has 0 aliphatic heterocycles. The maximum absolute atomic E-state index is 2.42. The SMILES string of the molecule is CC(C)=CCC/C(C)=C/CC/C(C)=C/CC/C(C)=C/C=C/C=C(C)/C=C/C=C(\C)C/C=C/C(C)CCC=C(C)C. The standard InChI is InChI=1S/C40H62/c1-33(2)19-13-23-37(7)27-17-31-39(9)29-15-25-35(5)21-11-12-22-36(6)26-16-30-40(10)32-18-28-38(8)24-14-20-34(3)4/h11-12,15,17,19-22,25,27-30,37H,13-14,16,18,23-24,26,31-32H2,1-10H3/b12-11+,25-15+,27-17+,35-21+,36-22+,38-28+,39-29+,40-30+. The lowest BCUT2D eigenvalue weighted by molar-refractivity contribution is 0.654. The van der Waals surface area contributed by atoms with Crippen LogP contribution in [0.1, 0.15) is 127 Å². The summed E-state index contributed by atoms with van der Waals surface area (Å²) in [5.74, 6) is 0.638. The van der Waals surface area contributed by atoms with Gasteiger partial charge in [0.05, 0.1) is 0 Å². The zero-order valence-corrected chi connectivity index (χ0v) is 27.9. The van der Waals surface area contributed by atoms with E-state index in [0.29, 0.717) is 5.92 Å². The Hall–Kier alpha value is -2.60. The Morgan fingerprint density at radius 3 is 1.62 bits per heavy atom. The van der Waals surface area contributed by atoms with E-state index in [4.69, 9.17) is 0 Å². The van der Waals surface area contributed by atoms with Crippen LogP contribution in [0, 0.1) is 5.92 Å². The Morgan fingerprint density at radius 1 is 0.525 bits per heavy atom. The van der Waals surface area contributed by atoms with E-state index in [2.05, 4.69) is 148 Å². The maximum atomic E-state index is 2.42. The average Bonchev–Trinajstić information content (AvgIpc) is 2.86. The molecule has 0 amide bonds. The molecule has 0 rings (SSSR count). The van der Waals surface area contributed by atoms with E-state index >= 15 is 0 Å². The van der Waals surface area contributed by atoms with Crippen LogP contribution in [0.3, 0.4) is 0 Å². The molecular formula is C40H62. The Kier molecular flexibility index (Phi) is 22.6. The van der Waals surface area contributed by atoms with Crippen LogP contribution in [0.15, 0.2) is 118 Å². The second-order valence-electron chi connectivity index (χ2n) is 12.1. The van der Waals surface area contributed by atoms with Crippen molar-refractivity contribution in [3.05, 3.63) is 118 Å². The van der Waals surface area contributed by atoms with Gasteiger partial charge in [-0.2, -0.15) is 0 Å². The minimum Gasteiger partial charge on any atom is -0.0859 e. The molecule has 0 aromatic heterocycles. The molecule has 0 heteroatoms. The molecular weight excluding hydrogens is 480 g/mol. The number of hydrogen-bond donors (Lipinski definition) is 0. The smallest absolute Gasteiger partial charge is 0.0138 e. The molecule has 0 N–H and O–H groups in total. The van der Waals surface area contributed by atoms with Gasteiger partial charge in [0.2, 0.25) is 0 Å². The van der Waals surface area contributed by atoms with Crippen LogP contribution >= 0.6 is 0 Å². The monoisotopic (exact) mass is 542 g/mol. The van der Waals surface area contributed by atoms with Crippen molar-refractivity contribution in [2.75, 3.05) is 0 Å². The second kappa shape index (κ2) is 24.2. The Bertz CT molecular complexity index is 996. The summed E-state index contributed by atoms with van der Waals surface area (Å²) in [7, 11) is 0. The van der Waals surface area contributed by atoms with Crippen LogP contribution in [-0.4, -0.2) is 0 Å². The van der Waals surface area contributed by atoms with E-state index in [-0.39, 0.29) is 0 Å². The average molecular weight is 543 g/mol. The molecule has 222 valence electrons. The van der Waals surface area contributed by atoms with Gasteiger partial charge in [0, 0.05) is 0 Å². The summed E-state index contributed by atoms with van der Waals surface area (Å²) in [6, 6.07) is 0. The van der Waals surface area contributed by atoms with E-state index in [0.717, 1.165) is 32.1 Å². The molecule has 0 saturated heterocycles. The Morgan fingerprint density at radius 2 is 1.02 bits per heavy atom. The number of hydrogen-bond acceptors (Lipinski definition) is 0. The van der Waals surface area contributed by atoms with E-state index in [9.17, 15) is 0 Å². The van der Waals surface area contributed by atoms with Gasteiger partial charge in [-0.05, 0) is 126 Å². The third-order valence-corrected chi connectivity index (χ3v) is 6.82. The van der Waals surface area contributed by atoms with Gasteiger partial charge in [0.1, 0.15) is 0 Å². The third-order valence-electron chi connectivity index (χ3n) is 6.82. The molecule has 0 aromatic carbocycles. The van der Waals surface area contributed by atoms with Gasteiger partial charge < -0.3 is 0 Å². The largest absolute Gasteiger partial charge is 0.0859 e. The molecule has 0 nitrogen and oxygen atoms in total. The lowest BCUT2D eigenvalue weighted by atomic mass is 10.0. The van der Waals surface area contributed by atoms with Crippen LogP contribution in [0.2, 0.25) is 0 Å². The van der Waals surface area contributed by atoms with Crippen molar-refractivity contribution in [2.24, 2.45) is 5.92 Å². The highest BCUT2D eigenvalue weighted by Crippen LogP contribution is 2.14. The summed E-state index contributed by atoms with van der Waals surface area (Å²) in [4.78, 5) is 0. The minimum absolute atomic E-state index is 0.638. The van der Waals surface area contributed by atoms with E-state index in [1.54, 1.807) is 0 Å². The van der Waals surface area contributed by atoms with Gasteiger partial charge in [-0.25, -0.2) is 0 Å². The predicted octanol–water partition coefficient (Wildman–Crippen LogP) is 13.5. The molecule has 0 spiro atoms. The Labute approximate surface area is 250 Å². The maximum Gasteiger partial charge on any atom is -0.0138 e. The van der Waals surface area contributed by atoms with Gasteiger partial charge in [0.15, 0.2) is 0 Å². The zero-order chi connectivity index (χ0) is 30.2. The van der Waals surface area contributed by atoms with Crippen LogP contribution in [0.4, 0.5) is 0 Å². The molecule has 0 fully saturated rings. The fourth-order valence-corrected chi connectivity index (χ4v) is 4.10. The summed E-state index contributed by atoms with van der Waals surface area (Å²) in [5.41, 5.74) is 9.92. The first-order valence-corrected chi connectivity index (χ1v) is 15.6. The van der Waals surface area contributed by atoms with Crippen molar-refractivity contribution in [2.45, 2.75) is 127 Å².